The van der Waals surface area contributed by atoms with Crippen LogP contribution in [0.2, 0.25) is 5.02 Å². The summed E-state index contributed by atoms with van der Waals surface area (Å²) >= 11 is 6.21. The molecule has 5 aromatic rings. The molecule has 1 aromatic carbocycles. The average molecular weight is 588 g/mol. The lowest BCUT2D eigenvalue weighted by Crippen LogP contribution is -2.32. The molecule has 5 rings (SSSR count). The monoisotopic (exact) mass is 587 g/mol. The van der Waals surface area contributed by atoms with Crippen molar-refractivity contribution in [1.29, 1.82) is 0 Å². The van der Waals surface area contributed by atoms with Crippen LogP contribution in [0.3, 0.4) is 0 Å². The van der Waals surface area contributed by atoms with Crippen LogP contribution in [0.1, 0.15) is 25.1 Å². The van der Waals surface area contributed by atoms with Gasteiger partial charge in [-0.3, -0.25) is 18.6 Å². The first-order valence-corrected chi connectivity index (χ1v) is 12.5. The van der Waals surface area contributed by atoms with Crippen molar-refractivity contribution in [3.63, 3.8) is 0 Å². The fourth-order valence-electron chi connectivity index (χ4n) is 4.46. The molecule has 0 bridgehead atoms. The molecule has 41 heavy (non-hydrogen) atoms. The van der Waals surface area contributed by atoms with Crippen molar-refractivity contribution in [2.75, 3.05) is 12.4 Å². The van der Waals surface area contributed by atoms with E-state index in [0.717, 1.165) is 10.9 Å². The van der Waals surface area contributed by atoms with Gasteiger partial charge >= 0.3 is 11.9 Å². The number of hydrogen-bond donors (Lipinski definition) is 2. The van der Waals surface area contributed by atoms with Gasteiger partial charge in [0.25, 0.3) is 5.56 Å². The number of H-pyrrole nitrogens is 1. The summed E-state index contributed by atoms with van der Waals surface area (Å²) in [4.78, 5) is 41.2. The van der Waals surface area contributed by atoms with Gasteiger partial charge in [0, 0.05) is 34.6 Å². The van der Waals surface area contributed by atoms with E-state index in [1.165, 1.54) is 58.9 Å². The molecule has 15 heteroatoms. The molecule has 4 aromatic heterocycles. The Bertz CT molecular complexity index is 1890. The lowest BCUT2D eigenvalue weighted by Gasteiger charge is -2.20. The average Bonchev–Trinajstić information content (AvgIpc) is 3.59. The minimum absolute atomic E-state index is 0.149. The number of rotatable bonds is 7. The molecule has 0 spiro atoms. The van der Waals surface area contributed by atoms with Crippen LogP contribution < -0.4 is 21.3 Å². The second-order valence-corrected chi connectivity index (χ2v) is 9.33. The van der Waals surface area contributed by atoms with Crippen LogP contribution in [-0.2, 0) is 11.0 Å². The van der Waals surface area contributed by atoms with E-state index in [-0.39, 0.29) is 39.7 Å². The smallest absolute Gasteiger partial charge is 0.436 e. The van der Waals surface area contributed by atoms with Crippen molar-refractivity contribution < 1.29 is 22.7 Å². The molecule has 212 valence electrons. The molecule has 0 saturated heterocycles. The van der Waals surface area contributed by atoms with E-state index in [4.69, 9.17) is 16.3 Å². The minimum atomic E-state index is -4.71. The second-order valence-electron chi connectivity index (χ2n) is 8.89. The number of aromatic amines is 1. The van der Waals surface area contributed by atoms with Gasteiger partial charge in [-0.2, -0.15) is 13.2 Å². The van der Waals surface area contributed by atoms with E-state index in [1.54, 1.807) is 19.1 Å². The molecular weight excluding hydrogens is 567 g/mol. The number of amides is 1. The maximum Gasteiger partial charge on any atom is 0.436 e. The minimum Gasteiger partial charge on any atom is -0.495 e. The van der Waals surface area contributed by atoms with Gasteiger partial charge in [-0.25, -0.2) is 9.48 Å². The number of benzene rings is 1. The number of alkyl halides is 3. The van der Waals surface area contributed by atoms with E-state index < -0.39 is 29.4 Å². The number of anilines is 1. The van der Waals surface area contributed by atoms with E-state index in [9.17, 15) is 27.6 Å². The predicted octanol–water partition coefficient (Wildman–Crippen LogP) is 4.31. The summed E-state index contributed by atoms with van der Waals surface area (Å²) in [5.74, 6) is -0.361. The summed E-state index contributed by atoms with van der Waals surface area (Å²) in [7, 11) is 1.35. The Labute approximate surface area is 233 Å². The predicted molar refractivity (Wildman–Crippen MR) is 144 cm³/mol. The third-order valence-electron chi connectivity index (χ3n) is 6.42. The largest absolute Gasteiger partial charge is 0.495 e. The Morgan fingerprint density at radius 2 is 1.93 bits per heavy atom. The van der Waals surface area contributed by atoms with Crippen molar-refractivity contribution in [2.24, 2.45) is 0 Å². The van der Waals surface area contributed by atoms with Gasteiger partial charge in [-0.15, -0.1) is 5.10 Å². The lowest BCUT2D eigenvalue weighted by atomic mass is 10.0. The van der Waals surface area contributed by atoms with Crippen molar-refractivity contribution in [3.8, 4) is 22.6 Å². The molecule has 1 amide bonds. The van der Waals surface area contributed by atoms with Crippen molar-refractivity contribution in [3.05, 3.63) is 92.7 Å². The highest BCUT2D eigenvalue weighted by atomic mass is 35.5. The van der Waals surface area contributed by atoms with Gasteiger partial charge in [0.15, 0.2) is 5.69 Å². The fraction of sp³-hybridized carbons (Fsp3) is 0.192. The van der Waals surface area contributed by atoms with Gasteiger partial charge in [0.2, 0.25) is 5.91 Å². The van der Waals surface area contributed by atoms with E-state index in [1.807, 2.05) is 0 Å². The summed E-state index contributed by atoms with van der Waals surface area (Å²) < 4.78 is 48.5. The van der Waals surface area contributed by atoms with Crippen LogP contribution in [-0.4, -0.2) is 42.0 Å². The first-order valence-electron chi connectivity index (χ1n) is 12.1. The second kappa shape index (κ2) is 10.6. The molecule has 4 heterocycles. The lowest BCUT2D eigenvalue weighted by molar-refractivity contribution is -0.141. The SMILES string of the molecule is CCC(C(=O)Nc1ccn2c(=O)[nH]ccc12)n1cc(OC)c(-c2cc(Cl)ccc2-n2cc(C(F)(F)F)nn2)cc1=O. The van der Waals surface area contributed by atoms with E-state index in [2.05, 4.69) is 20.6 Å². The van der Waals surface area contributed by atoms with Crippen LogP contribution in [0.5, 0.6) is 5.75 Å². The molecule has 0 aliphatic carbocycles. The molecule has 1 unspecified atom stereocenters. The topological polar surface area (TPSA) is 128 Å². The number of fused-ring (bicyclic) bond motifs is 1. The Hall–Kier alpha value is -4.85. The number of halogens is 4. The standard InChI is InChI=1S/C26H21ClF3N7O4/c1-3-18(24(39)32-17-7-9-35-20(17)6-8-31-25(35)40)36-12-21(41-2)16(11-23(36)38)15-10-14(27)4-5-19(15)37-13-22(33-34-37)26(28,29)30/h4-13,18H,3H2,1-2H3,(H,31,40)(H,32,39). The number of methoxy groups -OCH3 is 1. The zero-order valence-electron chi connectivity index (χ0n) is 21.4. The molecule has 0 saturated carbocycles. The highest BCUT2D eigenvalue weighted by Gasteiger charge is 2.35. The van der Waals surface area contributed by atoms with Crippen LogP contribution in [0.15, 0.2) is 70.8 Å². The summed E-state index contributed by atoms with van der Waals surface area (Å²) in [5, 5.41) is 9.80. The summed E-state index contributed by atoms with van der Waals surface area (Å²) in [6, 6.07) is 7.78. The Morgan fingerprint density at radius 3 is 2.61 bits per heavy atom. The molecule has 2 N–H and O–H groups in total. The van der Waals surface area contributed by atoms with Crippen molar-refractivity contribution >= 4 is 28.7 Å². The first kappa shape index (κ1) is 27.7. The van der Waals surface area contributed by atoms with E-state index >= 15 is 0 Å². The highest BCUT2D eigenvalue weighted by molar-refractivity contribution is 6.31. The van der Waals surface area contributed by atoms with Gasteiger partial charge in [0.05, 0.1) is 36.4 Å². The van der Waals surface area contributed by atoms with Crippen molar-refractivity contribution in [2.45, 2.75) is 25.6 Å². The molecule has 1 atom stereocenters. The third-order valence-corrected chi connectivity index (χ3v) is 6.65. The molecular formula is C26H21ClF3N7O4. The number of pyridine rings is 1. The number of aromatic nitrogens is 6. The maximum absolute atomic E-state index is 13.4. The number of carbonyl (C=O) groups excluding carboxylic acids is 1. The zero-order chi connectivity index (χ0) is 29.5. The number of nitrogens with zero attached hydrogens (tertiary/aromatic N) is 5. The highest BCUT2D eigenvalue weighted by Crippen LogP contribution is 2.36. The third kappa shape index (κ3) is 5.20. The van der Waals surface area contributed by atoms with Crippen LogP contribution in [0, 0.1) is 0 Å². The maximum atomic E-state index is 13.4. The van der Waals surface area contributed by atoms with Crippen LogP contribution in [0.4, 0.5) is 18.9 Å². The summed E-state index contributed by atoms with van der Waals surface area (Å²) in [6.07, 6.45) is 0.540. The zero-order valence-corrected chi connectivity index (χ0v) is 22.2. The van der Waals surface area contributed by atoms with Gasteiger partial charge in [-0.1, -0.05) is 23.7 Å². The molecule has 11 nitrogen and oxygen atoms in total. The van der Waals surface area contributed by atoms with Crippen molar-refractivity contribution in [1.82, 2.24) is 28.9 Å². The number of carbonyl (C=O) groups is 1. The first-order chi connectivity index (χ1) is 19.5. The van der Waals surface area contributed by atoms with Gasteiger partial charge in [-0.05, 0) is 36.8 Å². The van der Waals surface area contributed by atoms with Gasteiger partial charge in [0.1, 0.15) is 11.8 Å². The van der Waals surface area contributed by atoms with Crippen LogP contribution in [0.25, 0.3) is 22.3 Å². The fourth-order valence-corrected chi connectivity index (χ4v) is 4.64. The number of hydrogen-bond acceptors (Lipinski definition) is 6. The number of ether oxygens (including phenoxy) is 1. The Morgan fingerprint density at radius 1 is 1.15 bits per heavy atom. The summed E-state index contributed by atoms with van der Waals surface area (Å²) in [6.45, 7) is 1.72. The summed E-state index contributed by atoms with van der Waals surface area (Å²) in [5.41, 5.74) is -0.692. The van der Waals surface area contributed by atoms with E-state index in [0.29, 0.717) is 11.2 Å². The Balaban J connectivity index is 1.55. The quantitative estimate of drug-likeness (QED) is 0.292. The molecule has 0 fully saturated rings. The normalized spacial score (nSPS) is 12.4. The molecule has 0 aliphatic rings. The number of nitrogens with one attached hydrogen (secondary N) is 2. The molecule has 0 radical (unpaired) electrons. The van der Waals surface area contributed by atoms with Crippen LogP contribution >= 0.6 is 11.6 Å². The Kier molecular flexibility index (Phi) is 7.17. The molecule has 0 aliphatic heterocycles. The van der Waals surface area contributed by atoms with Gasteiger partial charge < -0.3 is 15.0 Å².